The van der Waals surface area contributed by atoms with Crippen LogP contribution in [0.1, 0.15) is 50.5 Å². The van der Waals surface area contributed by atoms with Crippen molar-refractivity contribution in [2.45, 2.75) is 46.1 Å². The SMILES string of the molecule is COC(=O)c1cccc(C(C)(C)C)c1OC(C)C. The van der Waals surface area contributed by atoms with E-state index >= 15 is 0 Å². The molecule has 3 heteroatoms. The van der Waals surface area contributed by atoms with E-state index in [9.17, 15) is 4.79 Å². The summed E-state index contributed by atoms with van der Waals surface area (Å²) in [6, 6.07) is 5.59. The first kappa shape index (κ1) is 14.6. The predicted molar refractivity (Wildman–Crippen MR) is 72.2 cm³/mol. The third-order valence-electron chi connectivity index (χ3n) is 2.58. The Morgan fingerprint density at radius 1 is 1.22 bits per heavy atom. The summed E-state index contributed by atoms with van der Waals surface area (Å²) in [6.07, 6.45) is 0.0110. The Morgan fingerprint density at radius 3 is 2.28 bits per heavy atom. The van der Waals surface area contributed by atoms with Crippen molar-refractivity contribution in [2.75, 3.05) is 7.11 Å². The maximum Gasteiger partial charge on any atom is 0.341 e. The smallest absolute Gasteiger partial charge is 0.341 e. The molecular weight excluding hydrogens is 228 g/mol. The zero-order valence-corrected chi connectivity index (χ0v) is 12.0. The van der Waals surface area contributed by atoms with Gasteiger partial charge in [-0.3, -0.25) is 0 Å². The van der Waals surface area contributed by atoms with Crippen molar-refractivity contribution < 1.29 is 14.3 Å². The van der Waals surface area contributed by atoms with Crippen LogP contribution >= 0.6 is 0 Å². The van der Waals surface area contributed by atoms with Gasteiger partial charge in [0.2, 0.25) is 0 Å². The van der Waals surface area contributed by atoms with Crippen molar-refractivity contribution in [1.29, 1.82) is 0 Å². The molecule has 0 saturated carbocycles. The molecule has 1 aromatic carbocycles. The Kier molecular flexibility index (Phi) is 4.38. The summed E-state index contributed by atoms with van der Waals surface area (Å²) in [7, 11) is 1.38. The number of esters is 1. The fraction of sp³-hybridized carbons (Fsp3) is 0.533. The van der Waals surface area contributed by atoms with Crippen LogP contribution in [0.25, 0.3) is 0 Å². The molecule has 0 amide bonds. The first-order chi connectivity index (χ1) is 8.27. The number of para-hydroxylation sites is 1. The van der Waals surface area contributed by atoms with E-state index in [0.717, 1.165) is 5.56 Å². The molecule has 100 valence electrons. The molecule has 0 fully saturated rings. The molecule has 1 rings (SSSR count). The minimum atomic E-state index is -0.364. The summed E-state index contributed by atoms with van der Waals surface area (Å²) in [5.41, 5.74) is 1.41. The van der Waals surface area contributed by atoms with Gasteiger partial charge in [0, 0.05) is 5.56 Å². The van der Waals surface area contributed by atoms with Crippen molar-refractivity contribution in [1.82, 2.24) is 0 Å². The van der Waals surface area contributed by atoms with Gasteiger partial charge in [0.25, 0.3) is 0 Å². The van der Waals surface area contributed by atoms with E-state index in [4.69, 9.17) is 9.47 Å². The molecular formula is C15H22O3. The average molecular weight is 250 g/mol. The minimum Gasteiger partial charge on any atom is -0.490 e. The number of hydrogen-bond acceptors (Lipinski definition) is 3. The number of rotatable bonds is 3. The Bertz CT molecular complexity index is 428. The number of benzene rings is 1. The van der Waals surface area contributed by atoms with Crippen LogP contribution in [0, 0.1) is 0 Å². The van der Waals surface area contributed by atoms with Crippen molar-refractivity contribution in [3.63, 3.8) is 0 Å². The second-order valence-electron chi connectivity index (χ2n) is 5.59. The molecule has 0 aliphatic rings. The minimum absolute atomic E-state index is 0.0110. The molecule has 0 bridgehead atoms. The van der Waals surface area contributed by atoms with Crippen molar-refractivity contribution in [2.24, 2.45) is 0 Å². The van der Waals surface area contributed by atoms with Crippen LogP contribution in [-0.2, 0) is 10.2 Å². The molecule has 0 atom stereocenters. The zero-order valence-electron chi connectivity index (χ0n) is 12.0. The fourth-order valence-corrected chi connectivity index (χ4v) is 1.76. The maximum atomic E-state index is 11.8. The molecule has 0 spiro atoms. The second-order valence-corrected chi connectivity index (χ2v) is 5.59. The molecule has 0 radical (unpaired) electrons. The van der Waals surface area contributed by atoms with E-state index in [1.165, 1.54) is 7.11 Å². The number of ether oxygens (including phenoxy) is 2. The summed E-state index contributed by atoms with van der Waals surface area (Å²) in [5.74, 6) is 0.267. The van der Waals surface area contributed by atoms with Crippen LogP contribution in [-0.4, -0.2) is 19.2 Å². The number of carbonyl (C=O) groups is 1. The van der Waals surface area contributed by atoms with Gasteiger partial charge in [0.15, 0.2) is 0 Å². The lowest BCUT2D eigenvalue weighted by atomic mass is 9.85. The van der Waals surface area contributed by atoms with Gasteiger partial charge in [-0.15, -0.1) is 0 Å². The summed E-state index contributed by atoms with van der Waals surface area (Å²) in [4.78, 5) is 11.8. The van der Waals surface area contributed by atoms with E-state index in [1.54, 1.807) is 6.07 Å². The first-order valence-electron chi connectivity index (χ1n) is 6.16. The Morgan fingerprint density at radius 2 is 1.83 bits per heavy atom. The van der Waals surface area contributed by atoms with Crippen LogP contribution in [0.15, 0.2) is 18.2 Å². The molecule has 0 saturated heterocycles. The summed E-state index contributed by atoms with van der Waals surface area (Å²) in [6.45, 7) is 10.2. The quantitative estimate of drug-likeness (QED) is 0.769. The van der Waals surface area contributed by atoms with Gasteiger partial charge < -0.3 is 9.47 Å². The maximum absolute atomic E-state index is 11.8. The first-order valence-corrected chi connectivity index (χ1v) is 6.16. The molecule has 18 heavy (non-hydrogen) atoms. The topological polar surface area (TPSA) is 35.5 Å². The van der Waals surface area contributed by atoms with E-state index in [1.807, 2.05) is 26.0 Å². The fourth-order valence-electron chi connectivity index (χ4n) is 1.76. The highest BCUT2D eigenvalue weighted by atomic mass is 16.5. The van der Waals surface area contributed by atoms with Gasteiger partial charge in [-0.2, -0.15) is 0 Å². The van der Waals surface area contributed by atoms with E-state index in [-0.39, 0.29) is 17.5 Å². The lowest BCUT2D eigenvalue weighted by Gasteiger charge is -2.25. The molecule has 0 aliphatic heterocycles. The van der Waals surface area contributed by atoms with Crippen LogP contribution in [0.3, 0.4) is 0 Å². The lowest BCUT2D eigenvalue weighted by Crippen LogP contribution is -2.19. The van der Waals surface area contributed by atoms with Crippen molar-refractivity contribution >= 4 is 5.97 Å². The Labute approximate surface area is 109 Å². The van der Waals surface area contributed by atoms with Gasteiger partial charge in [-0.1, -0.05) is 32.9 Å². The predicted octanol–water partition coefficient (Wildman–Crippen LogP) is 3.56. The number of carbonyl (C=O) groups excluding carboxylic acids is 1. The van der Waals surface area contributed by atoms with Crippen molar-refractivity contribution in [3.05, 3.63) is 29.3 Å². The van der Waals surface area contributed by atoms with Gasteiger partial charge in [-0.05, 0) is 25.3 Å². The highest BCUT2D eigenvalue weighted by Crippen LogP contribution is 2.35. The van der Waals surface area contributed by atoms with Crippen LogP contribution in [0.4, 0.5) is 0 Å². The summed E-state index contributed by atoms with van der Waals surface area (Å²) < 4.78 is 10.6. The molecule has 3 nitrogen and oxygen atoms in total. The Balaban J connectivity index is 3.39. The van der Waals surface area contributed by atoms with Crippen LogP contribution in [0.5, 0.6) is 5.75 Å². The van der Waals surface area contributed by atoms with E-state index in [2.05, 4.69) is 20.8 Å². The molecule has 1 aromatic rings. The van der Waals surface area contributed by atoms with E-state index in [0.29, 0.717) is 11.3 Å². The third kappa shape index (κ3) is 3.25. The number of methoxy groups -OCH3 is 1. The molecule has 0 aliphatic carbocycles. The van der Waals surface area contributed by atoms with Gasteiger partial charge in [0.1, 0.15) is 11.3 Å². The highest BCUT2D eigenvalue weighted by Gasteiger charge is 2.24. The normalized spacial score (nSPS) is 11.5. The second kappa shape index (κ2) is 5.42. The van der Waals surface area contributed by atoms with Gasteiger partial charge in [-0.25, -0.2) is 4.79 Å². The highest BCUT2D eigenvalue weighted by molar-refractivity contribution is 5.93. The van der Waals surface area contributed by atoms with Crippen molar-refractivity contribution in [3.8, 4) is 5.75 Å². The standard InChI is InChI=1S/C15H22O3/c1-10(2)18-13-11(14(16)17-6)8-7-9-12(13)15(3,4)5/h7-10H,1-6H3. The van der Waals surface area contributed by atoms with Gasteiger partial charge >= 0.3 is 5.97 Å². The molecule has 0 N–H and O–H groups in total. The van der Waals surface area contributed by atoms with Crippen LogP contribution in [0.2, 0.25) is 0 Å². The Hall–Kier alpha value is -1.51. The average Bonchev–Trinajstić information content (AvgIpc) is 2.26. The van der Waals surface area contributed by atoms with E-state index < -0.39 is 0 Å². The summed E-state index contributed by atoms with van der Waals surface area (Å²) >= 11 is 0. The monoisotopic (exact) mass is 250 g/mol. The molecule has 0 unspecified atom stereocenters. The third-order valence-corrected chi connectivity index (χ3v) is 2.58. The summed E-state index contributed by atoms with van der Waals surface area (Å²) in [5, 5.41) is 0. The zero-order chi connectivity index (χ0) is 13.9. The van der Waals surface area contributed by atoms with Gasteiger partial charge in [0.05, 0.1) is 13.2 Å². The molecule has 0 aromatic heterocycles. The van der Waals surface area contributed by atoms with Crippen LogP contribution < -0.4 is 4.74 Å². The number of hydrogen-bond donors (Lipinski definition) is 0. The lowest BCUT2D eigenvalue weighted by molar-refractivity contribution is 0.0594. The molecule has 0 heterocycles. The largest absolute Gasteiger partial charge is 0.490 e.